The normalized spacial score (nSPS) is 10.1. The Kier molecular flexibility index (Phi) is 5.42. The highest BCUT2D eigenvalue weighted by Crippen LogP contribution is 2.15. The van der Waals surface area contributed by atoms with Crippen molar-refractivity contribution >= 4 is 5.91 Å². The number of likely N-dealkylation sites (N-methyl/N-ethyl adjacent to an activating group) is 1. The van der Waals surface area contributed by atoms with E-state index < -0.39 is 0 Å². The summed E-state index contributed by atoms with van der Waals surface area (Å²) < 4.78 is 10.3. The molecule has 0 radical (unpaired) electrons. The average molecular weight is 299 g/mol. The highest BCUT2D eigenvalue weighted by atomic mass is 16.5. The summed E-state index contributed by atoms with van der Waals surface area (Å²) in [5.74, 6) is 1.52. The number of amides is 1. The summed E-state index contributed by atoms with van der Waals surface area (Å²) in [6, 6.07) is 15.1. The Labute approximate surface area is 131 Å². The summed E-state index contributed by atoms with van der Waals surface area (Å²) in [5.41, 5.74) is 1.81. The molecule has 2 rings (SSSR count). The number of nitrogens with zero attached hydrogens (tertiary/aromatic N) is 1. The molecular weight excluding hydrogens is 278 g/mol. The molecule has 0 N–H and O–H groups in total. The molecule has 2 aromatic carbocycles. The Hall–Kier alpha value is -2.49. The van der Waals surface area contributed by atoms with Crippen LogP contribution in [-0.4, -0.2) is 38.6 Å². The van der Waals surface area contributed by atoms with Crippen molar-refractivity contribution in [2.45, 2.75) is 6.42 Å². The maximum absolute atomic E-state index is 12.4. The Morgan fingerprint density at radius 3 is 2.32 bits per heavy atom. The van der Waals surface area contributed by atoms with Gasteiger partial charge in [0, 0.05) is 19.2 Å². The van der Waals surface area contributed by atoms with Crippen molar-refractivity contribution in [2.24, 2.45) is 0 Å². The van der Waals surface area contributed by atoms with Crippen LogP contribution in [0.15, 0.2) is 48.5 Å². The fraction of sp³-hybridized carbons (Fsp3) is 0.278. The summed E-state index contributed by atoms with van der Waals surface area (Å²) >= 11 is 0. The van der Waals surface area contributed by atoms with E-state index in [1.165, 1.54) is 5.56 Å². The minimum atomic E-state index is -0.00703. The first kappa shape index (κ1) is 15.9. The van der Waals surface area contributed by atoms with Crippen molar-refractivity contribution < 1.29 is 14.3 Å². The SMILES string of the molecule is COc1ccc(CCN(C)C(=O)c2cccc(OC)c2)cc1. The van der Waals surface area contributed by atoms with Crippen LogP contribution in [0.4, 0.5) is 0 Å². The van der Waals surface area contributed by atoms with Gasteiger partial charge in [-0.3, -0.25) is 4.79 Å². The van der Waals surface area contributed by atoms with Gasteiger partial charge in [0.25, 0.3) is 5.91 Å². The molecule has 0 atom stereocenters. The first-order chi connectivity index (χ1) is 10.6. The van der Waals surface area contributed by atoms with Gasteiger partial charge in [0.15, 0.2) is 0 Å². The number of hydrogen-bond donors (Lipinski definition) is 0. The highest BCUT2D eigenvalue weighted by Gasteiger charge is 2.12. The van der Waals surface area contributed by atoms with Crippen LogP contribution in [-0.2, 0) is 6.42 Å². The molecule has 0 aliphatic carbocycles. The van der Waals surface area contributed by atoms with Crippen molar-refractivity contribution in [1.29, 1.82) is 0 Å². The van der Waals surface area contributed by atoms with Crippen LogP contribution in [0.25, 0.3) is 0 Å². The van der Waals surface area contributed by atoms with Gasteiger partial charge in [-0.15, -0.1) is 0 Å². The Balaban J connectivity index is 1.95. The van der Waals surface area contributed by atoms with Gasteiger partial charge in [0.2, 0.25) is 0 Å². The van der Waals surface area contributed by atoms with E-state index >= 15 is 0 Å². The monoisotopic (exact) mass is 299 g/mol. The predicted molar refractivity (Wildman–Crippen MR) is 86.7 cm³/mol. The Morgan fingerprint density at radius 1 is 1.00 bits per heavy atom. The van der Waals surface area contributed by atoms with Gasteiger partial charge in [-0.05, 0) is 42.3 Å². The second-order valence-electron chi connectivity index (χ2n) is 5.06. The molecule has 0 aliphatic heterocycles. The third-order valence-corrected chi connectivity index (χ3v) is 3.56. The van der Waals surface area contributed by atoms with Gasteiger partial charge in [-0.25, -0.2) is 0 Å². The summed E-state index contributed by atoms with van der Waals surface area (Å²) in [4.78, 5) is 14.1. The highest BCUT2D eigenvalue weighted by molar-refractivity contribution is 5.94. The number of benzene rings is 2. The summed E-state index contributed by atoms with van der Waals surface area (Å²) in [6.45, 7) is 0.655. The minimum absolute atomic E-state index is 0.00703. The van der Waals surface area contributed by atoms with Crippen LogP contribution in [0, 0.1) is 0 Å². The van der Waals surface area contributed by atoms with Crippen LogP contribution < -0.4 is 9.47 Å². The van der Waals surface area contributed by atoms with E-state index in [1.54, 1.807) is 31.3 Å². The maximum Gasteiger partial charge on any atom is 0.253 e. The fourth-order valence-electron chi connectivity index (χ4n) is 2.17. The van der Waals surface area contributed by atoms with Crippen molar-refractivity contribution in [1.82, 2.24) is 4.90 Å². The molecule has 0 fully saturated rings. The Bertz CT molecular complexity index is 622. The molecule has 0 saturated carbocycles. The lowest BCUT2D eigenvalue weighted by Gasteiger charge is -2.17. The molecule has 116 valence electrons. The first-order valence-corrected chi connectivity index (χ1v) is 7.16. The van der Waals surface area contributed by atoms with Crippen LogP contribution in [0.3, 0.4) is 0 Å². The summed E-state index contributed by atoms with van der Waals surface area (Å²) in [6.07, 6.45) is 0.802. The zero-order valence-electron chi connectivity index (χ0n) is 13.2. The van der Waals surface area contributed by atoms with E-state index in [9.17, 15) is 4.79 Å². The molecule has 0 bridgehead atoms. The quantitative estimate of drug-likeness (QED) is 0.823. The fourth-order valence-corrected chi connectivity index (χ4v) is 2.17. The van der Waals surface area contributed by atoms with Gasteiger partial charge in [-0.1, -0.05) is 18.2 Å². The molecule has 0 unspecified atom stereocenters. The lowest BCUT2D eigenvalue weighted by atomic mass is 10.1. The second kappa shape index (κ2) is 7.50. The van der Waals surface area contributed by atoms with Crippen molar-refractivity contribution in [2.75, 3.05) is 27.8 Å². The lowest BCUT2D eigenvalue weighted by molar-refractivity contribution is 0.0796. The van der Waals surface area contributed by atoms with E-state index in [-0.39, 0.29) is 5.91 Å². The van der Waals surface area contributed by atoms with Gasteiger partial charge in [0.1, 0.15) is 11.5 Å². The van der Waals surface area contributed by atoms with Crippen LogP contribution >= 0.6 is 0 Å². The van der Waals surface area contributed by atoms with E-state index in [0.29, 0.717) is 17.9 Å². The molecule has 0 aliphatic rings. The molecule has 0 spiro atoms. The zero-order valence-corrected chi connectivity index (χ0v) is 13.2. The molecule has 0 heterocycles. The topological polar surface area (TPSA) is 38.8 Å². The molecule has 1 amide bonds. The first-order valence-electron chi connectivity index (χ1n) is 7.16. The third kappa shape index (κ3) is 4.01. The van der Waals surface area contributed by atoms with Crippen LogP contribution in [0.1, 0.15) is 15.9 Å². The summed E-state index contributed by atoms with van der Waals surface area (Å²) in [5, 5.41) is 0. The molecule has 0 aromatic heterocycles. The van der Waals surface area contributed by atoms with Gasteiger partial charge >= 0.3 is 0 Å². The number of methoxy groups -OCH3 is 2. The number of carbonyl (C=O) groups is 1. The standard InChI is InChI=1S/C18H21NO3/c1-19(12-11-14-7-9-16(21-2)10-8-14)18(20)15-5-4-6-17(13-15)22-3/h4-10,13H,11-12H2,1-3H3. The van der Waals surface area contributed by atoms with Crippen molar-refractivity contribution in [3.05, 3.63) is 59.7 Å². The largest absolute Gasteiger partial charge is 0.497 e. The van der Waals surface area contributed by atoms with Gasteiger partial charge < -0.3 is 14.4 Å². The third-order valence-electron chi connectivity index (χ3n) is 3.56. The molecule has 4 heteroatoms. The molecule has 2 aromatic rings. The smallest absolute Gasteiger partial charge is 0.253 e. The van der Waals surface area contributed by atoms with E-state index in [1.807, 2.05) is 43.4 Å². The van der Waals surface area contributed by atoms with Crippen molar-refractivity contribution in [3.63, 3.8) is 0 Å². The zero-order chi connectivity index (χ0) is 15.9. The van der Waals surface area contributed by atoms with E-state index in [0.717, 1.165) is 12.2 Å². The molecule has 22 heavy (non-hydrogen) atoms. The van der Waals surface area contributed by atoms with Crippen molar-refractivity contribution in [3.8, 4) is 11.5 Å². The van der Waals surface area contributed by atoms with Crippen LogP contribution in [0.2, 0.25) is 0 Å². The predicted octanol–water partition coefficient (Wildman–Crippen LogP) is 3.02. The molecule has 4 nitrogen and oxygen atoms in total. The molecular formula is C18H21NO3. The van der Waals surface area contributed by atoms with Gasteiger partial charge in [-0.2, -0.15) is 0 Å². The van der Waals surface area contributed by atoms with E-state index in [2.05, 4.69) is 0 Å². The van der Waals surface area contributed by atoms with E-state index in [4.69, 9.17) is 9.47 Å². The summed E-state index contributed by atoms with van der Waals surface area (Å²) in [7, 11) is 5.05. The number of ether oxygens (including phenoxy) is 2. The second-order valence-corrected chi connectivity index (χ2v) is 5.06. The lowest BCUT2D eigenvalue weighted by Crippen LogP contribution is -2.28. The average Bonchev–Trinajstić information content (AvgIpc) is 2.59. The maximum atomic E-state index is 12.4. The Morgan fingerprint density at radius 2 is 1.68 bits per heavy atom. The van der Waals surface area contributed by atoms with Gasteiger partial charge in [0.05, 0.1) is 14.2 Å². The number of carbonyl (C=O) groups excluding carboxylic acids is 1. The molecule has 0 saturated heterocycles. The number of rotatable bonds is 6. The number of hydrogen-bond acceptors (Lipinski definition) is 3. The minimum Gasteiger partial charge on any atom is -0.497 e. The van der Waals surface area contributed by atoms with Crippen LogP contribution in [0.5, 0.6) is 11.5 Å².